The van der Waals surface area contributed by atoms with Crippen molar-refractivity contribution in [3.63, 3.8) is 0 Å². The van der Waals surface area contributed by atoms with Crippen LogP contribution in [0.15, 0.2) is 46.6 Å². The minimum Gasteiger partial charge on any atom is -0.289 e. The van der Waals surface area contributed by atoms with Crippen molar-refractivity contribution in [2.75, 3.05) is 0 Å². The summed E-state index contributed by atoms with van der Waals surface area (Å²) in [7, 11) is 0. The van der Waals surface area contributed by atoms with Crippen molar-refractivity contribution in [3.05, 3.63) is 46.6 Å². The number of nitrogens with zero attached hydrogens (tertiary/aromatic N) is 1. The molecule has 0 fully saturated rings. The summed E-state index contributed by atoms with van der Waals surface area (Å²) in [6.07, 6.45) is 15.6. The molecule has 0 amide bonds. The third kappa shape index (κ3) is 6.66. The summed E-state index contributed by atoms with van der Waals surface area (Å²) in [5, 5.41) is 8.43. The number of hydrogen-bond donors (Lipinski definition) is 0. The molecule has 0 bridgehead atoms. The molecular formula is C22H29NO2. The third-order valence-corrected chi connectivity index (χ3v) is 4.62. The van der Waals surface area contributed by atoms with E-state index in [-0.39, 0.29) is 11.6 Å². The first kappa shape index (κ1) is 20.8. The molecule has 0 aromatic heterocycles. The Balaban J connectivity index is 2.26. The van der Waals surface area contributed by atoms with Crippen LogP contribution in [0.3, 0.4) is 0 Å². The molecule has 0 saturated heterocycles. The van der Waals surface area contributed by atoms with Gasteiger partial charge in [-0.15, -0.1) is 0 Å². The number of rotatable bonds is 10. The molecule has 0 aliphatic heterocycles. The second-order valence-corrected chi connectivity index (χ2v) is 6.49. The second-order valence-electron chi connectivity index (χ2n) is 6.49. The van der Waals surface area contributed by atoms with Gasteiger partial charge in [0.05, 0.1) is 6.07 Å². The molecule has 0 unspecified atom stereocenters. The second kappa shape index (κ2) is 11.4. The predicted molar refractivity (Wildman–Crippen MR) is 102 cm³/mol. The molecule has 0 radical (unpaired) electrons. The zero-order chi connectivity index (χ0) is 18.7. The van der Waals surface area contributed by atoms with Crippen LogP contribution in [-0.2, 0) is 9.59 Å². The average Bonchev–Trinajstić information content (AvgIpc) is 2.61. The van der Waals surface area contributed by atoms with Gasteiger partial charge in [-0.25, -0.2) is 0 Å². The van der Waals surface area contributed by atoms with Crippen molar-refractivity contribution < 1.29 is 9.59 Å². The molecular weight excluding hydrogens is 310 g/mol. The van der Waals surface area contributed by atoms with Gasteiger partial charge in [-0.1, -0.05) is 24.3 Å². The maximum Gasteiger partial charge on any atom is 0.185 e. The Hall–Kier alpha value is -2.21. The fraction of sp³-hybridized carbons (Fsp3) is 0.500. The van der Waals surface area contributed by atoms with Crippen LogP contribution in [0.1, 0.15) is 72.1 Å². The standard InChI is InChI=1S/C22H29NO2/c1-17-18(2)22(25)20(19(3)21(17)24)15-13-11-9-7-5-4-6-8-10-12-14-16-23/h5-8H,4,9-15H2,1-3H3. The van der Waals surface area contributed by atoms with E-state index in [1.54, 1.807) is 20.8 Å². The van der Waals surface area contributed by atoms with Gasteiger partial charge in [0.15, 0.2) is 11.6 Å². The number of allylic oxidation sites excluding steroid dienone is 8. The van der Waals surface area contributed by atoms with Gasteiger partial charge in [-0.2, -0.15) is 5.26 Å². The van der Waals surface area contributed by atoms with E-state index in [9.17, 15) is 9.59 Å². The SMILES string of the molecule is CC1=C(C)C(=O)C(CCCCC=CCC=CCCCC#N)=C(C)C1=O. The van der Waals surface area contributed by atoms with Crippen molar-refractivity contribution in [1.82, 2.24) is 0 Å². The van der Waals surface area contributed by atoms with Crippen molar-refractivity contribution in [2.24, 2.45) is 0 Å². The fourth-order valence-corrected chi connectivity index (χ4v) is 2.83. The molecule has 0 saturated carbocycles. The quantitative estimate of drug-likeness (QED) is 0.298. The molecule has 134 valence electrons. The zero-order valence-corrected chi connectivity index (χ0v) is 15.7. The van der Waals surface area contributed by atoms with E-state index in [1.807, 2.05) is 0 Å². The topological polar surface area (TPSA) is 57.9 Å². The first-order valence-electron chi connectivity index (χ1n) is 9.14. The molecule has 0 N–H and O–H groups in total. The number of ketones is 2. The lowest BCUT2D eigenvalue weighted by molar-refractivity contribution is -0.116. The summed E-state index contributed by atoms with van der Waals surface area (Å²) >= 11 is 0. The normalized spacial score (nSPS) is 15.8. The van der Waals surface area contributed by atoms with Crippen molar-refractivity contribution >= 4 is 11.6 Å². The van der Waals surface area contributed by atoms with Crippen LogP contribution in [0.5, 0.6) is 0 Å². The summed E-state index contributed by atoms with van der Waals surface area (Å²) < 4.78 is 0. The van der Waals surface area contributed by atoms with Crippen LogP contribution in [0, 0.1) is 11.3 Å². The molecule has 1 aliphatic carbocycles. The van der Waals surface area contributed by atoms with Crippen LogP contribution in [0.25, 0.3) is 0 Å². The smallest absolute Gasteiger partial charge is 0.185 e. The van der Waals surface area contributed by atoms with Crippen molar-refractivity contribution in [1.29, 1.82) is 5.26 Å². The number of carbonyl (C=O) groups excluding carboxylic acids is 2. The molecule has 25 heavy (non-hydrogen) atoms. The third-order valence-electron chi connectivity index (χ3n) is 4.62. The number of nitriles is 1. The van der Waals surface area contributed by atoms with Crippen molar-refractivity contribution in [3.8, 4) is 6.07 Å². The van der Waals surface area contributed by atoms with Gasteiger partial charge in [0.2, 0.25) is 0 Å². The largest absolute Gasteiger partial charge is 0.289 e. The molecule has 3 nitrogen and oxygen atoms in total. The van der Waals surface area contributed by atoms with E-state index in [0.717, 1.165) is 38.5 Å². The number of hydrogen-bond acceptors (Lipinski definition) is 3. The minimum atomic E-state index is 0.0218. The Kier molecular flexibility index (Phi) is 9.47. The van der Waals surface area contributed by atoms with E-state index in [2.05, 4.69) is 30.4 Å². The molecule has 0 aromatic rings. The van der Waals surface area contributed by atoms with Gasteiger partial charge >= 0.3 is 0 Å². The lowest BCUT2D eigenvalue weighted by Crippen LogP contribution is -2.20. The van der Waals surface area contributed by atoms with Crippen LogP contribution in [0.2, 0.25) is 0 Å². The number of Topliss-reactive ketones (excluding diaryl/α,β-unsaturated/α-hetero) is 2. The minimum absolute atomic E-state index is 0.0218. The number of unbranched alkanes of at least 4 members (excludes halogenated alkanes) is 4. The maximum absolute atomic E-state index is 12.3. The van der Waals surface area contributed by atoms with Crippen LogP contribution >= 0.6 is 0 Å². The van der Waals surface area contributed by atoms with Crippen LogP contribution in [0.4, 0.5) is 0 Å². The Morgan fingerprint density at radius 2 is 1.40 bits per heavy atom. The van der Waals surface area contributed by atoms with Crippen molar-refractivity contribution in [2.45, 2.75) is 72.1 Å². The lowest BCUT2D eigenvalue weighted by Gasteiger charge is -2.18. The number of carbonyl (C=O) groups is 2. The molecule has 0 heterocycles. The Bertz CT molecular complexity index is 654. The molecule has 1 rings (SSSR count). The highest BCUT2D eigenvalue weighted by atomic mass is 16.1. The highest BCUT2D eigenvalue weighted by molar-refractivity contribution is 6.24. The molecule has 0 atom stereocenters. The first-order valence-corrected chi connectivity index (χ1v) is 9.14. The van der Waals surface area contributed by atoms with Gasteiger partial charge in [-0.05, 0) is 65.7 Å². The summed E-state index contributed by atoms with van der Waals surface area (Å²) in [4.78, 5) is 24.4. The highest BCUT2D eigenvalue weighted by Crippen LogP contribution is 2.27. The van der Waals surface area contributed by atoms with Gasteiger partial charge < -0.3 is 0 Å². The van der Waals surface area contributed by atoms with Crippen LogP contribution < -0.4 is 0 Å². The van der Waals surface area contributed by atoms with Gasteiger partial charge in [-0.3, -0.25) is 9.59 Å². The first-order chi connectivity index (χ1) is 12.0. The summed E-state index contributed by atoms with van der Waals surface area (Å²) in [6, 6.07) is 2.14. The summed E-state index contributed by atoms with van der Waals surface area (Å²) in [5.74, 6) is 0.0697. The molecule has 0 aromatic carbocycles. The summed E-state index contributed by atoms with van der Waals surface area (Å²) in [5.41, 5.74) is 2.53. The monoisotopic (exact) mass is 339 g/mol. The van der Waals surface area contributed by atoms with Gasteiger partial charge in [0.1, 0.15) is 0 Å². The van der Waals surface area contributed by atoms with E-state index >= 15 is 0 Å². The summed E-state index contributed by atoms with van der Waals surface area (Å²) in [6.45, 7) is 5.26. The average molecular weight is 339 g/mol. The Labute approximate surface area is 151 Å². The molecule has 1 aliphatic rings. The fourth-order valence-electron chi connectivity index (χ4n) is 2.83. The Morgan fingerprint density at radius 1 is 0.800 bits per heavy atom. The highest BCUT2D eigenvalue weighted by Gasteiger charge is 2.26. The molecule has 3 heteroatoms. The van der Waals surface area contributed by atoms with E-state index in [4.69, 9.17) is 5.26 Å². The van der Waals surface area contributed by atoms with Crippen LogP contribution in [-0.4, -0.2) is 11.6 Å². The van der Waals surface area contributed by atoms with E-state index in [0.29, 0.717) is 35.1 Å². The lowest BCUT2D eigenvalue weighted by atomic mass is 9.84. The Morgan fingerprint density at radius 3 is 2.04 bits per heavy atom. The van der Waals surface area contributed by atoms with Gasteiger partial charge in [0, 0.05) is 28.7 Å². The van der Waals surface area contributed by atoms with Gasteiger partial charge in [0.25, 0.3) is 0 Å². The van der Waals surface area contributed by atoms with E-state index in [1.165, 1.54) is 0 Å². The molecule has 0 spiro atoms. The van der Waals surface area contributed by atoms with E-state index < -0.39 is 0 Å². The zero-order valence-electron chi connectivity index (χ0n) is 15.7. The predicted octanol–water partition coefficient (Wildman–Crippen LogP) is 5.55. The maximum atomic E-state index is 12.3.